The summed E-state index contributed by atoms with van der Waals surface area (Å²) in [5, 5.41) is 2.88. The number of methoxy groups -OCH3 is 1. The summed E-state index contributed by atoms with van der Waals surface area (Å²) in [5.41, 5.74) is 3.23. The van der Waals surface area contributed by atoms with Crippen molar-refractivity contribution in [1.82, 2.24) is 15.3 Å². The SMILES string of the molecule is COc1ccc(CCNC(=O)c2ncnc(C)c2C)cc1. The largest absolute Gasteiger partial charge is 0.497 e. The Kier molecular flexibility index (Phi) is 4.87. The summed E-state index contributed by atoms with van der Waals surface area (Å²) in [6.07, 6.45) is 2.18. The fourth-order valence-corrected chi connectivity index (χ4v) is 1.96. The summed E-state index contributed by atoms with van der Waals surface area (Å²) in [4.78, 5) is 20.2. The Morgan fingerprint density at radius 2 is 1.90 bits per heavy atom. The van der Waals surface area contributed by atoms with Crippen molar-refractivity contribution >= 4 is 5.91 Å². The van der Waals surface area contributed by atoms with Crippen molar-refractivity contribution < 1.29 is 9.53 Å². The smallest absolute Gasteiger partial charge is 0.270 e. The van der Waals surface area contributed by atoms with E-state index in [2.05, 4.69) is 15.3 Å². The third-order valence-corrected chi connectivity index (χ3v) is 3.41. The number of nitrogens with zero attached hydrogens (tertiary/aromatic N) is 2. The van der Waals surface area contributed by atoms with E-state index in [0.717, 1.165) is 29.0 Å². The number of nitrogens with one attached hydrogen (secondary N) is 1. The fraction of sp³-hybridized carbons (Fsp3) is 0.312. The molecule has 1 heterocycles. The van der Waals surface area contributed by atoms with Crippen LogP contribution in [-0.2, 0) is 6.42 Å². The average molecular weight is 285 g/mol. The molecule has 110 valence electrons. The van der Waals surface area contributed by atoms with E-state index in [1.807, 2.05) is 38.1 Å². The predicted molar refractivity (Wildman–Crippen MR) is 80.5 cm³/mol. The highest BCUT2D eigenvalue weighted by Gasteiger charge is 2.11. The second-order valence-electron chi connectivity index (χ2n) is 4.79. The van der Waals surface area contributed by atoms with E-state index in [1.54, 1.807) is 7.11 Å². The normalized spacial score (nSPS) is 10.2. The summed E-state index contributed by atoms with van der Waals surface area (Å²) in [6, 6.07) is 7.81. The van der Waals surface area contributed by atoms with E-state index in [-0.39, 0.29) is 5.91 Å². The van der Waals surface area contributed by atoms with Gasteiger partial charge in [0.05, 0.1) is 7.11 Å². The van der Waals surface area contributed by atoms with Crippen LogP contribution in [0.4, 0.5) is 0 Å². The number of rotatable bonds is 5. The summed E-state index contributed by atoms with van der Waals surface area (Å²) in [6.45, 7) is 4.28. The maximum atomic E-state index is 12.1. The monoisotopic (exact) mass is 285 g/mol. The molecule has 2 rings (SSSR count). The number of benzene rings is 1. The molecule has 2 aromatic rings. The number of hydrogen-bond donors (Lipinski definition) is 1. The third kappa shape index (κ3) is 3.78. The first-order valence-electron chi connectivity index (χ1n) is 6.81. The summed E-state index contributed by atoms with van der Waals surface area (Å²) < 4.78 is 5.11. The van der Waals surface area contributed by atoms with Crippen molar-refractivity contribution in [3.63, 3.8) is 0 Å². The van der Waals surface area contributed by atoms with E-state index in [4.69, 9.17) is 4.74 Å². The Morgan fingerprint density at radius 1 is 1.19 bits per heavy atom. The molecule has 5 heteroatoms. The molecule has 0 atom stereocenters. The van der Waals surface area contributed by atoms with Gasteiger partial charge >= 0.3 is 0 Å². The lowest BCUT2D eigenvalue weighted by Crippen LogP contribution is -2.27. The fourth-order valence-electron chi connectivity index (χ4n) is 1.96. The van der Waals surface area contributed by atoms with E-state index in [0.29, 0.717) is 12.2 Å². The van der Waals surface area contributed by atoms with Gasteiger partial charge in [-0.1, -0.05) is 12.1 Å². The van der Waals surface area contributed by atoms with Crippen LogP contribution in [0.5, 0.6) is 5.75 Å². The molecule has 0 radical (unpaired) electrons. The van der Waals surface area contributed by atoms with Gasteiger partial charge in [0.1, 0.15) is 17.8 Å². The van der Waals surface area contributed by atoms with Crippen LogP contribution in [0.1, 0.15) is 27.3 Å². The molecule has 0 aliphatic rings. The first-order valence-corrected chi connectivity index (χ1v) is 6.81. The molecule has 0 aliphatic heterocycles. The van der Waals surface area contributed by atoms with Crippen LogP contribution < -0.4 is 10.1 Å². The van der Waals surface area contributed by atoms with Crippen molar-refractivity contribution in [2.45, 2.75) is 20.3 Å². The number of ether oxygens (including phenoxy) is 1. The molecule has 1 amide bonds. The zero-order chi connectivity index (χ0) is 15.2. The van der Waals surface area contributed by atoms with E-state index >= 15 is 0 Å². The molecule has 0 spiro atoms. The molecule has 0 saturated carbocycles. The highest BCUT2D eigenvalue weighted by Crippen LogP contribution is 2.11. The van der Waals surface area contributed by atoms with E-state index < -0.39 is 0 Å². The molecular formula is C16H19N3O2. The van der Waals surface area contributed by atoms with Crippen LogP contribution in [0, 0.1) is 13.8 Å². The van der Waals surface area contributed by atoms with Gasteiger partial charge in [-0.3, -0.25) is 4.79 Å². The summed E-state index contributed by atoms with van der Waals surface area (Å²) in [7, 11) is 1.64. The molecule has 0 saturated heterocycles. The van der Waals surface area contributed by atoms with Crippen molar-refractivity contribution in [2.75, 3.05) is 13.7 Å². The third-order valence-electron chi connectivity index (χ3n) is 3.41. The number of aromatic nitrogens is 2. The Bertz CT molecular complexity index is 624. The predicted octanol–water partition coefficient (Wildman–Crippen LogP) is 2.07. The molecule has 0 bridgehead atoms. The van der Waals surface area contributed by atoms with E-state index in [9.17, 15) is 4.79 Å². The first kappa shape index (κ1) is 15.0. The molecule has 0 aliphatic carbocycles. The number of aryl methyl sites for hydroxylation is 1. The van der Waals surface area contributed by atoms with Crippen molar-refractivity contribution in [1.29, 1.82) is 0 Å². The Hall–Kier alpha value is -2.43. The summed E-state index contributed by atoms with van der Waals surface area (Å²) in [5.74, 6) is 0.668. The molecule has 0 unspecified atom stereocenters. The summed E-state index contributed by atoms with van der Waals surface area (Å²) >= 11 is 0. The zero-order valence-corrected chi connectivity index (χ0v) is 12.5. The van der Waals surface area contributed by atoms with E-state index in [1.165, 1.54) is 6.33 Å². The number of amides is 1. The number of hydrogen-bond acceptors (Lipinski definition) is 4. The van der Waals surface area contributed by atoms with Gasteiger partial charge in [-0.2, -0.15) is 0 Å². The van der Waals surface area contributed by atoms with Crippen molar-refractivity contribution in [3.8, 4) is 5.75 Å². The highest BCUT2D eigenvalue weighted by molar-refractivity contribution is 5.93. The van der Waals surface area contributed by atoms with Crippen LogP contribution in [-0.4, -0.2) is 29.5 Å². The first-order chi connectivity index (χ1) is 10.1. The molecule has 21 heavy (non-hydrogen) atoms. The number of carbonyl (C=O) groups excluding carboxylic acids is 1. The Labute approximate surface area is 124 Å². The van der Waals surface area contributed by atoms with Gasteiger partial charge in [0.25, 0.3) is 5.91 Å². The van der Waals surface area contributed by atoms with Gasteiger partial charge in [-0.25, -0.2) is 9.97 Å². The lowest BCUT2D eigenvalue weighted by Gasteiger charge is -2.08. The number of carbonyl (C=O) groups is 1. The van der Waals surface area contributed by atoms with Crippen LogP contribution in [0.15, 0.2) is 30.6 Å². The minimum Gasteiger partial charge on any atom is -0.497 e. The average Bonchev–Trinajstić information content (AvgIpc) is 2.50. The maximum absolute atomic E-state index is 12.1. The van der Waals surface area contributed by atoms with Gasteiger partial charge in [-0.05, 0) is 38.0 Å². The van der Waals surface area contributed by atoms with Crippen LogP contribution in [0.25, 0.3) is 0 Å². The highest BCUT2D eigenvalue weighted by atomic mass is 16.5. The van der Waals surface area contributed by atoms with Crippen LogP contribution >= 0.6 is 0 Å². The molecule has 5 nitrogen and oxygen atoms in total. The Morgan fingerprint density at radius 3 is 2.57 bits per heavy atom. The molecule has 1 aromatic heterocycles. The second-order valence-corrected chi connectivity index (χ2v) is 4.79. The Balaban J connectivity index is 1.90. The van der Waals surface area contributed by atoms with Crippen molar-refractivity contribution in [3.05, 3.63) is 53.1 Å². The lowest BCUT2D eigenvalue weighted by atomic mass is 10.1. The van der Waals surface area contributed by atoms with Gasteiger partial charge in [0.15, 0.2) is 0 Å². The van der Waals surface area contributed by atoms with Gasteiger partial charge in [-0.15, -0.1) is 0 Å². The zero-order valence-electron chi connectivity index (χ0n) is 12.5. The van der Waals surface area contributed by atoms with Crippen molar-refractivity contribution in [2.24, 2.45) is 0 Å². The molecule has 1 N–H and O–H groups in total. The maximum Gasteiger partial charge on any atom is 0.270 e. The molecule has 0 fully saturated rings. The molecule has 1 aromatic carbocycles. The minimum absolute atomic E-state index is 0.161. The minimum atomic E-state index is -0.161. The topological polar surface area (TPSA) is 64.1 Å². The quantitative estimate of drug-likeness (QED) is 0.913. The van der Waals surface area contributed by atoms with Crippen LogP contribution in [0.3, 0.4) is 0 Å². The van der Waals surface area contributed by atoms with Gasteiger partial charge < -0.3 is 10.1 Å². The van der Waals surface area contributed by atoms with Gasteiger partial charge in [0, 0.05) is 17.8 Å². The second kappa shape index (κ2) is 6.83. The lowest BCUT2D eigenvalue weighted by molar-refractivity contribution is 0.0948. The van der Waals surface area contributed by atoms with Gasteiger partial charge in [0.2, 0.25) is 0 Å². The standard InChI is InChI=1S/C16H19N3O2/c1-11-12(2)18-10-19-15(11)16(20)17-9-8-13-4-6-14(21-3)7-5-13/h4-7,10H,8-9H2,1-3H3,(H,17,20). The molecular weight excluding hydrogens is 266 g/mol. The van der Waals surface area contributed by atoms with Crippen LogP contribution in [0.2, 0.25) is 0 Å².